The van der Waals surface area contributed by atoms with Crippen molar-refractivity contribution in [1.82, 2.24) is 25.0 Å². The van der Waals surface area contributed by atoms with Crippen LogP contribution in [0.1, 0.15) is 43.9 Å². The van der Waals surface area contributed by atoms with Crippen molar-refractivity contribution in [3.05, 3.63) is 60.0 Å². The maximum absolute atomic E-state index is 14.1. The van der Waals surface area contributed by atoms with E-state index in [-0.39, 0.29) is 24.8 Å². The number of anilines is 1. The Bertz CT molecular complexity index is 1430. The van der Waals surface area contributed by atoms with E-state index in [0.717, 1.165) is 22.4 Å². The van der Waals surface area contributed by atoms with Gasteiger partial charge in [-0.3, -0.25) is 14.8 Å². The fraction of sp³-hybridized carbons (Fsp3) is 0.467. The second kappa shape index (κ2) is 10.4. The Hall–Kier alpha value is -4.02. The van der Waals surface area contributed by atoms with Crippen LogP contribution in [0.5, 0.6) is 5.75 Å². The highest BCUT2D eigenvalue weighted by Gasteiger charge is 2.54. The zero-order valence-electron chi connectivity index (χ0n) is 23.3. The third kappa shape index (κ3) is 5.02. The molecular weight excluding hydrogens is 530 g/mol. The van der Waals surface area contributed by atoms with Crippen molar-refractivity contribution in [1.29, 1.82) is 0 Å². The summed E-state index contributed by atoms with van der Waals surface area (Å²) < 4.78 is 32.3. The molecule has 1 saturated carbocycles. The Morgan fingerprint density at radius 3 is 2.61 bits per heavy atom. The number of halogens is 2. The van der Waals surface area contributed by atoms with Gasteiger partial charge in [0.05, 0.1) is 31.1 Å². The second-order valence-electron chi connectivity index (χ2n) is 11.3. The number of pyridine rings is 1. The van der Waals surface area contributed by atoms with Gasteiger partial charge in [0.25, 0.3) is 0 Å². The minimum Gasteiger partial charge on any atom is -0.497 e. The molecule has 0 atom stereocenters. The molecule has 216 valence electrons. The molecular formula is C30H34F2N6O3. The van der Waals surface area contributed by atoms with Crippen LogP contribution in [0.25, 0.3) is 11.1 Å². The summed E-state index contributed by atoms with van der Waals surface area (Å²) in [6.07, 6.45) is 4.63. The first-order valence-corrected chi connectivity index (χ1v) is 14.1. The number of aromatic amines is 1. The molecule has 3 aromatic rings. The molecule has 0 radical (unpaired) electrons. The van der Waals surface area contributed by atoms with Gasteiger partial charge in [-0.2, -0.15) is 5.10 Å². The van der Waals surface area contributed by atoms with Crippen LogP contribution >= 0.6 is 0 Å². The molecule has 2 aliphatic heterocycles. The van der Waals surface area contributed by atoms with Crippen molar-refractivity contribution >= 4 is 17.8 Å². The lowest BCUT2D eigenvalue weighted by Gasteiger charge is -2.45. The average molecular weight is 565 g/mol. The molecule has 0 unspecified atom stereocenters. The van der Waals surface area contributed by atoms with Crippen LogP contribution in [-0.2, 0) is 17.8 Å². The Labute approximate surface area is 237 Å². The van der Waals surface area contributed by atoms with Crippen LogP contribution in [0.4, 0.5) is 19.4 Å². The van der Waals surface area contributed by atoms with E-state index in [1.165, 1.54) is 0 Å². The van der Waals surface area contributed by atoms with E-state index in [9.17, 15) is 18.4 Å². The number of rotatable bonds is 7. The van der Waals surface area contributed by atoms with Crippen LogP contribution in [0, 0.1) is 5.92 Å². The fourth-order valence-corrected chi connectivity index (χ4v) is 6.40. The highest BCUT2D eigenvalue weighted by Crippen LogP contribution is 2.45. The number of aromatic nitrogens is 3. The molecule has 3 fully saturated rings. The quantitative estimate of drug-likeness (QED) is 0.441. The molecule has 41 heavy (non-hydrogen) atoms. The number of piperidine rings is 1. The topological polar surface area (TPSA) is 94.7 Å². The van der Waals surface area contributed by atoms with Gasteiger partial charge in [0.15, 0.2) is 0 Å². The van der Waals surface area contributed by atoms with Crippen molar-refractivity contribution in [2.75, 3.05) is 31.6 Å². The van der Waals surface area contributed by atoms with Crippen molar-refractivity contribution in [2.24, 2.45) is 5.92 Å². The van der Waals surface area contributed by atoms with E-state index < -0.39 is 17.4 Å². The third-order valence-corrected chi connectivity index (χ3v) is 8.79. The second-order valence-corrected chi connectivity index (χ2v) is 11.3. The maximum atomic E-state index is 14.1. The van der Waals surface area contributed by atoms with E-state index in [1.807, 2.05) is 54.4 Å². The normalized spacial score (nSPS) is 20.0. The summed E-state index contributed by atoms with van der Waals surface area (Å²) in [5, 5.41) is 6.89. The molecule has 3 aliphatic rings. The Kier molecular flexibility index (Phi) is 6.91. The Balaban J connectivity index is 1.27. The lowest BCUT2D eigenvalue weighted by atomic mass is 9.79. The van der Waals surface area contributed by atoms with Gasteiger partial charge in [-0.05, 0) is 49.1 Å². The van der Waals surface area contributed by atoms with Gasteiger partial charge < -0.3 is 14.5 Å². The van der Waals surface area contributed by atoms with E-state index >= 15 is 0 Å². The SMILES string of the molecule is CCc1nc(N2CC3(CCN(C(=O)C4CC(F)(F)C4)CC3)N(Cc3cccc(OC)c3)C2=O)ccc1-c1cn[nH]c1. The van der Waals surface area contributed by atoms with Gasteiger partial charge in [-0.15, -0.1) is 0 Å². The van der Waals surface area contributed by atoms with Gasteiger partial charge in [0.2, 0.25) is 11.8 Å². The summed E-state index contributed by atoms with van der Waals surface area (Å²) in [5.74, 6) is -2.25. The number of ether oxygens (including phenoxy) is 1. The standard InChI is InChI=1S/C30H34F2N6O3/c1-3-25-24(22-16-33-34-17-22)7-8-26(35-25)37-19-29(38(28(37)40)18-20-5-4-6-23(13-20)41-2)9-11-36(12-10-29)27(39)21-14-30(31,32)15-21/h4-8,13,16-17,21H,3,9-12,14-15,18-19H2,1-2H3,(H,33,34). The number of carbonyl (C=O) groups is 2. The number of nitrogens with one attached hydrogen (secondary N) is 1. The third-order valence-electron chi connectivity index (χ3n) is 8.79. The first kappa shape index (κ1) is 27.2. The molecule has 6 rings (SSSR count). The first-order chi connectivity index (χ1) is 19.7. The number of nitrogens with zero attached hydrogens (tertiary/aromatic N) is 5. The Morgan fingerprint density at radius 1 is 1.17 bits per heavy atom. The summed E-state index contributed by atoms with van der Waals surface area (Å²) in [7, 11) is 1.61. The van der Waals surface area contributed by atoms with Gasteiger partial charge >= 0.3 is 6.03 Å². The molecule has 1 aliphatic carbocycles. The van der Waals surface area contributed by atoms with Crippen LogP contribution in [0.2, 0.25) is 0 Å². The highest BCUT2D eigenvalue weighted by molar-refractivity contribution is 5.95. The van der Waals surface area contributed by atoms with E-state index in [2.05, 4.69) is 10.2 Å². The summed E-state index contributed by atoms with van der Waals surface area (Å²) in [6.45, 7) is 3.68. The van der Waals surface area contributed by atoms with Crippen LogP contribution in [0.15, 0.2) is 48.8 Å². The fourth-order valence-electron chi connectivity index (χ4n) is 6.40. The summed E-state index contributed by atoms with van der Waals surface area (Å²) in [6, 6.07) is 11.4. The summed E-state index contributed by atoms with van der Waals surface area (Å²) in [5.41, 5.74) is 3.18. The van der Waals surface area contributed by atoms with Gasteiger partial charge in [0.1, 0.15) is 11.6 Å². The molecule has 2 aromatic heterocycles. The number of carbonyl (C=O) groups excluding carboxylic acids is 2. The number of H-pyrrole nitrogens is 1. The van der Waals surface area contributed by atoms with E-state index in [0.29, 0.717) is 57.0 Å². The lowest BCUT2D eigenvalue weighted by Crippen LogP contribution is -2.57. The zero-order valence-corrected chi connectivity index (χ0v) is 23.3. The van der Waals surface area contributed by atoms with Crippen molar-refractivity contribution in [3.8, 4) is 16.9 Å². The molecule has 1 aromatic carbocycles. The van der Waals surface area contributed by atoms with Gasteiger partial charge in [-0.1, -0.05) is 19.1 Å². The molecule has 2 saturated heterocycles. The summed E-state index contributed by atoms with van der Waals surface area (Å²) >= 11 is 0. The van der Waals surface area contributed by atoms with Crippen LogP contribution in [-0.4, -0.2) is 75.1 Å². The number of urea groups is 1. The van der Waals surface area contributed by atoms with Crippen molar-refractivity contribution in [2.45, 2.75) is 57.0 Å². The number of benzene rings is 1. The molecule has 1 spiro atoms. The molecule has 4 heterocycles. The number of likely N-dealkylation sites (tertiary alicyclic amines) is 1. The van der Waals surface area contributed by atoms with Crippen molar-refractivity contribution < 1.29 is 23.1 Å². The van der Waals surface area contributed by atoms with E-state index in [1.54, 1.807) is 23.1 Å². The number of alkyl halides is 2. The summed E-state index contributed by atoms with van der Waals surface area (Å²) in [4.78, 5) is 37.3. The maximum Gasteiger partial charge on any atom is 0.326 e. The predicted molar refractivity (Wildman–Crippen MR) is 149 cm³/mol. The van der Waals surface area contributed by atoms with E-state index in [4.69, 9.17) is 9.72 Å². The molecule has 0 bridgehead atoms. The molecule has 3 amide bonds. The average Bonchev–Trinajstić information content (AvgIpc) is 3.59. The smallest absolute Gasteiger partial charge is 0.326 e. The van der Waals surface area contributed by atoms with Crippen LogP contribution < -0.4 is 9.64 Å². The van der Waals surface area contributed by atoms with Gasteiger partial charge in [0, 0.05) is 55.7 Å². The van der Waals surface area contributed by atoms with Gasteiger partial charge in [-0.25, -0.2) is 18.6 Å². The van der Waals surface area contributed by atoms with Crippen molar-refractivity contribution in [3.63, 3.8) is 0 Å². The lowest BCUT2D eigenvalue weighted by molar-refractivity contribution is -0.161. The number of aryl methyl sites for hydroxylation is 1. The Morgan fingerprint density at radius 2 is 1.95 bits per heavy atom. The largest absolute Gasteiger partial charge is 0.497 e. The highest BCUT2D eigenvalue weighted by atomic mass is 19.3. The number of amides is 3. The number of hydrogen-bond donors (Lipinski definition) is 1. The minimum absolute atomic E-state index is 0.142. The van der Waals surface area contributed by atoms with Crippen LogP contribution in [0.3, 0.4) is 0 Å². The number of methoxy groups -OCH3 is 1. The molecule has 1 N–H and O–H groups in total. The monoisotopic (exact) mass is 564 g/mol. The number of hydrogen-bond acceptors (Lipinski definition) is 5. The molecule has 9 nitrogen and oxygen atoms in total. The zero-order chi connectivity index (χ0) is 28.8. The predicted octanol–water partition coefficient (Wildman–Crippen LogP) is 4.89. The molecule has 11 heteroatoms. The minimum atomic E-state index is -2.74. The first-order valence-electron chi connectivity index (χ1n) is 14.1.